The van der Waals surface area contributed by atoms with E-state index in [2.05, 4.69) is 4.98 Å². The van der Waals surface area contributed by atoms with Gasteiger partial charge in [-0.05, 0) is 6.07 Å². The standard InChI is InChI=1S/C11H16FN3O3/c1-15(4-6-18-7-5-16)11(17)8-2-3-14-10(13)9(8)12/h2-3,16H,4-7H2,1H3,(H2,13,14). The lowest BCUT2D eigenvalue weighted by Gasteiger charge is -2.17. The molecule has 6 nitrogen and oxygen atoms in total. The van der Waals surface area contributed by atoms with Gasteiger partial charge in [-0.25, -0.2) is 9.37 Å². The molecular formula is C11H16FN3O3. The first-order valence-electron chi connectivity index (χ1n) is 5.42. The Labute approximate surface area is 104 Å². The summed E-state index contributed by atoms with van der Waals surface area (Å²) in [5.41, 5.74) is 5.17. The summed E-state index contributed by atoms with van der Waals surface area (Å²) in [4.78, 5) is 16.7. The molecule has 0 aliphatic rings. The number of nitrogens with zero attached hydrogens (tertiary/aromatic N) is 2. The van der Waals surface area contributed by atoms with E-state index >= 15 is 0 Å². The second kappa shape index (κ2) is 6.87. The Morgan fingerprint density at radius 3 is 3.00 bits per heavy atom. The van der Waals surface area contributed by atoms with E-state index in [0.717, 1.165) is 0 Å². The Morgan fingerprint density at radius 2 is 2.33 bits per heavy atom. The molecule has 0 spiro atoms. The number of halogens is 1. The Hall–Kier alpha value is -1.73. The minimum Gasteiger partial charge on any atom is -0.394 e. The number of rotatable bonds is 6. The number of aromatic nitrogens is 1. The third-order valence-corrected chi connectivity index (χ3v) is 2.30. The molecule has 0 radical (unpaired) electrons. The van der Waals surface area contributed by atoms with Crippen molar-refractivity contribution in [2.24, 2.45) is 0 Å². The van der Waals surface area contributed by atoms with Crippen molar-refractivity contribution in [1.82, 2.24) is 9.88 Å². The van der Waals surface area contributed by atoms with Gasteiger partial charge in [0, 0.05) is 19.8 Å². The number of amides is 1. The van der Waals surface area contributed by atoms with Crippen LogP contribution in [0, 0.1) is 5.82 Å². The lowest BCUT2D eigenvalue weighted by atomic mass is 10.2. The minimum absolute atomic E-state index is 0.0762. The summed E-state index contributed by atoms with van der Waals surface area (Å²) >= 11 is 0. The Balaban J connectivity index is 2.60. The van der Waals surface area contributed by atoms with Gasteiger partial charge >= 0.3 is 0 Å². The van der Waals surface area contributed by atoms with Gasteiger partial charge in [0.1, 0.15) is 0 Å². The number of anilines is 1. The summed E-state index contributed by atoms with van der Waals surface area (Å²) < 4.78 is 18.6. The van der Waals surface area contributed by atoms with Gasteiger partial charge in [-0.2, -0.15) is 0 Å². The summed E-state index contributed by atoms with van der Waals surface area (Å²) in [5, 5.41) is 8.51. The first-order chi connectivity index (χ1) is 8.57. The van der Waals surface area contributed by atoms with E-state index in [1.165, 1.54) is 24.2 Å². The summed E-state index contributed by atoms with van der Waals surface area (Å²) in [5.74, 6) is -1.61. The van der Waals surface area contributed by atoms with E-state index in [1.807, 2.05) is 0 Å². The van der Waals surface area contributed by atoms with Crippen LogP contribution in [0.3, 0.4) is 0 Å². The molecule has 1 aromatic rings. The highest BCUT2D eigenvalue weighted by Crippen LogP contribution is 2.13. The van der Waals surface area contributed by atoms with Crippen molar-refractivity contribution in [3.63, 3.8) is 0 Å². The smallest absolute Gasteiger partial charge is 0.256 e. The molecule has 1 heterocycles. The fraction of sp³-hybridized carbons (Fsp3) is 0.455. The van der Waals surface area contributed by atoms with Gasteiger partial charge in [0.2, 0.25) is 0 Å². The molecule has 3 N–H and O–H groups in total. The second-order valence-corrected chi connectivity index (χ2v) is 3.62. The van der Waals surface area contributed by atoms with Gasteiger partial charge in [0.05, 0.1) is 25.4 Å². The molecular weight excluding hydrogens is 241 g/mol. The molecule has 1 rings (SSSR count). The SMILES string of the molecule is CN(CCOCCO)C(=O)c1ccnc(N)c1F. The lowest BCUT2D eigenvalue weighted by molar-refractivity contribution is 0.0615. The number of aliphatic hydroxyl groups excluding tert-OH is 1. The van der Waals surface area contributed by atoms with Crippen LogP contribution in [0.2, 0.25) is 0 Å². The van der Waals surface area contributed by atoms with E-state index in [-0.39, 0.29) is 31.2 Å². The molecule has 1 aromatic heterocycles. The minimum atomic E-state index is -0.814. The number of carbonyl (C=O) groups excluding carboxylic acids is 1. The number of hydrogen-bond acceptors (Lipinski definition) is 5. The average molecular weight is 257 g/mol. The first kappa shape index (κ1) is 14.3. The zero-order valence-electron chi connectivity index (χ0n) is 10.1. The fourth-order valence-electron chi connectivity index (χ4n) is 1.30. The summed E-state index contributed by atoms with van der Waals surface area (Å²) in [7, 11) is 1.53. The fourth-order valence-corrected chi connectivity index (χ4v) is 1.30. The highest BCUT2D eigenvalue weighted by atomic mass is 19.1. The topological polar surface area (TPSA) is 88.7 Å². The van der Waals surface area contributed by atoms with Crippen molar-refractivity contribution in [1.29, 1.82) is 0 Å². The highest BCUT2D eigenvalue weighted by molar-refractivity contribution is 5.94. The van der Waals surface area contributed by atoms with Crippen LogP contribution >= 0.6 is 0 Å². The predicted octanol–water partition coefficient (Wildman–Crippen LogP) is -0.116. The van der Waals surface area contributed by atoms with Crippen LogP contribution < -0.4 is 5.73 Å². The van der Waals surface area contributed by atoms with Crippen LogP contribution in [0.15, 0.2) is 12.3 Å². The molecule has 0 saturated heterocycles. The number of hydrogen-bond donors (Lipinski definition) is 2. The zero-order valence-corrected chi connectivity index (χ0v) is 10.1. The van der Waals surface area contributed by atoms with Crippen molar-refractivity contribution in [2.75, 3.05) is 39.1 Å². The maximum Gasteiger partial charge on any atom is 0.256 e. The molecule has 0 saturated carbocycles. The number of nitrogen functional groups attached to an aromatic ring is 1. The molecule has 0 unspecified atom stereocenters. The van der Waals surface area contributed by atoms with Gasteiger partial charge < -0.3 is 20.5 Å². The molecule has 0 atom stereocenters. The van der Waals surface area contributed by atoms with Crippen LogP contribution in [-0.2, 0) is 4.74 Å². The van der Waals surface area contributed by atoms with Gasteiger partial charge in [-0.3, -0.25) is 4.79 Å². The molecule has 0 aliphatic heterocycles. The molecule has 0 fully saturated rings. The first-order valence-corrected chi connectivity index (χ1v) is 5.42. The van der Waals surface area contributed by atoms with Crippen LogP contribution in [0.4, 0.5) is 10.2 Å². The highest BCUT2D eigenvalue weighted by Gasteiger charge is 2.17. The normalized spacial score (nSPS) is 10.4. The van der Waals surface area contributed by atoms with Crippen molar-refractivity contribution >= 4 is 11.7 Å². The molecule has 0 aliphatic carbocycles. The molecule has 0 aromatic carbocycles. The number of carbonyl (C=O) groups is 1. The van der Waals surface area contributed by atoms with Crippen molar-refractivity contribution in [3.05, 3.63) is 23.6 Å². The molecule has 0 bridgehead atoms. The quantitative estimate of drug-likeness (QED) is 0.694. The number of aliphatic hydroxyl groups is 1. The number of likely N-dealkylation sites (N-methyl/N-ethyl adjacent to an activating group) is 1. The molecule has 18 heavy (non-hydrogen) atoms. The van der Waals surface area contributed by atoms with Crippen LogP contribution in [-0.4, -0.2) is 54.3 Å². The summed E-state index contributed by atoms with van der Waals surface area (Å²) in [6.07, 6.45) is 1.28. The summed E-state index contributed by atoms with van der Waals surface area (Å²) in [6.45, 7) is 0.692. The van der Waals surface area contributed by atoms with Gasteiger partial charge in [-0.15, -0.1) is 0 Å². The Morgan fingerprint density at radius 1 is 1.61 bits per heavy atom. The largest absolute Gasteiger partial charge is 0.394 e. The van der Waals surface area contributed by atoms with Gasteiger partial charge in [0.25, 0.3) is 5.91 Å². The monoisotopic (exact) mass is 257 g/mol. The lowest BCUT2D eigenvalue weighted by Crippen LogP contribution is -2.31. The van der Waals surface area contributed by atoms with Crippen molar-refractivity contribution < 1.29 is 19.0 Å². The predicted molar refractivity (Wildman–Crippen MR) is 63.5 cm³/mol. The number of nitrogens with two attached hydrogens (primary N) is 1. The maximum absolute atomic E-state index is 13.6. The van der Waals surface area contributed by atoms with E-state index < -0.39 is 11.7 Å². The molecule has 7 heteroatoms. The van der Waals surface area contributed by atoms with Crippen LogP contribution in [0.1, 0.15) is 10.4 Å². The number of pyridine rings is 1. The van der Waals surface area contributed by atoms with Crippen molar-refractivity contribution in [3.8, 4) is 0 Å². The van der Waals surface area contributed by atoms with E-state index in [9.17, 15) is 9.18 Å². The Kier molecular flexibility index (Phi) is 5.47. The maximum atomic E-state index is 13.6. The van der Waals surface area contributed by atoms with E-state index in [1.54, 1.807) is 0 Å². The molecule has 1 amide bonds. The van der Waals surface area contributed by atoms with E-state index in [0.29, 0.717) is 6.54 Å². The van der Waals surface area contributed by atoms with E-state index in [4.69, 9.17) is 15.6 Å². The Bertz CT molecular complexity index is 415. The third-order valence-electron chi connectivity index (χ3n) is 2.30. The number of ether oxygens (including phenoxy) is 1. The second-order valence-electron chi connectivity index (χ2n) is 3.62. The zero-order chi connectivity index (χ0) is 13.5. The van der Waals surface area contributed by atoms with Crippen LogP contribution in [0.25, 0.3) is 0 Å². The van der Waals surface area contributed by atoms with Gasteiger partial charge in [-0.1, -0.05) is 0 Å². The third kappa shape index (κ3) is 3.64. The average Bonchev–Trinajstić information content (AvgIpc) is 2.37. The van der Waals surface area contributed by atoms with Crippen LogP contribution in [0.5, 0.6) is 0 Å². The molecule has 100 valence electrons. The van der Waals surface area contributed by atoms with Crippen molar-refractivity contribution in [2.45, 2.75) is 0 Å². The van der Waals surface area contributed by atoms with Gasteiger partial charge in [0.15, 0.2) is 11.6 Å². The summed E-state index contributed by atoms with van der Waals surface area (Å²) in [6, 6.07) is 1.28.